The van der Waals surface area contributed by atoms with E-state index >= 15 is 0 Å². The van der Waals surface area contributed by atoms with Crippen molar-refractivity contribution in [3.63, 3.8) is 0 Å². The molecule has 5 rings (SSSR count). The van der Waals surface area contributed by atoms with Crippen molar-refractivity contribution in [1.82, 2.24) is 25.4 Å². The predicted octanol–water partition coefficient (Wildman–Crippen LogP) is 5.55. The van der Waals surface area contributed by atoms with Crippen molar-refractivity contribution in [3.05, 3.63) is 65.8 Å². The lowest BCUT2D eigenvalue weighted by atomic mass is 10.1. The lowest BCUT2D eigenvalue weighted by Gasteiger charge is -2.05. The zero-order chi connectivity index (χ0) is 20.5. The molecule has 148 valence electrons. The lowest BCUT2D eigenvalue weighted by molar-refractivity contribution is 0.398. The van der Waals surface area contributed by atoms with E-state index in [1.165, 1.54) is 11.3 Å². The van der Waals surface area contributed by atoms with E-state index in [1.54, 1.807) is 13.3 Å². The first-order valence-electron chi connectivity index (χ1n) is 9.05. The third-order valence-corrected chi connectivity index (χ3v) is 5.86. The van der Waals surface area contributed by atoms with Gasteiger partial charge >= 0.3 is 0 Å². The molecule has 0 aliphatic rings. The normalized spacial score (nSPS) is 11.0. The second-order valence-corrected chi connectivity index (χ2v) is 7.80. The molecule has 0 bridgehead atoms. The quantitative estimate of drug-likeness (QED) is 0.377. The number of nitrogens with one attached hydrogen (secondary N) is 2. The number of hydrogen-bond donors (Lipinski definition) is 2. The smallest absolute Gasteiger partial charge is 0.213 e. The van der Waals surface area contributed by atoms with Gasteiger partial charge in [0.1, 0.15) is 5.01 Å². The van der Waals surface area contributed by atoms with Gasteiger partial charge in [-0.15, -0.1) is 10.2 Å². The molecule has 3 aromatic heterocycles. The predicted molar refractivity (Wildman–Crippen MR) is 120 cm³/mol. The van der Waals surface area contributed by atoms with Crippen LogP contribution in [-0.4, -0.2) is 32.5 Å². The first kappa shape index (κ1) is 18.5. The molecule has 30 heavy (non-hydrogen) atoms. The first-order valence-corrected chi connectivity index (χ1v) is 10.2. The zero-order valence-corrected chi connectivity index (χ0v) is 17.3. The number of benzene rings is 2. The minimum atomic E-state index is 0.576. The summed E-state index contributed by atoms with van der Waals surface area (Å²) >= 11 is 7.93. The van der Waals surface area contributed by atoms with Crippen LogP contribution in [0.2, 0.25) is 5.02 Å². The lowest BCUT2D eigenvalue weighted by Crippen LogP contribution is -1.90. The van der Waals surface area contributed by atoms with Crippen LogP contribution in [0.3, 0.4) is 0 Å². The Bertz CT molecular complexity index is 1350. The van der Waals surface area contributed by atoms with Crippen molar-refractivity contribution in [2.45, 2.75) is 0 Å². The van der Waals surface area contributed by atoms with Crippen molar-refractivity contribution >= 4 is 44.7 Å². The van der Waals surface area contributed by atoms with E-state index < -0.39 is 0 Å². The van der Waals surface area contributed by atoms with Gasteiger partial charge in [0.25, 0.3) is 0 Å². The minimum absolute atomic E-state index is 0.576. The molecule has 3 heterocycles. The van der Waals surface area contributed by atoms with Crippen LogP contribution < -0.4 is 10.1 Å². The number of fused-ring (bicyclic) bond motifs is 1. The van der Waals surface area contributed by atoms with Crippen LogP contribution >= 0.6 is 22.9 Å². The van der Waals surface area contributed by atoms with Crippen LogP contribution in [0.1, 0.15) is 0 Å². The van der Waals surface area contributed by atoms with Gasteiger partial charge in [0.2, 0.25) is 11.0 Å². The summed E-state index contributed by atoms with van der Waals surface area (Å²) in [4.78, 5) is 4.50. The number of pyridine rings is 1. The van der Waals surface area contributed by atoms with Gasteiger partial charge < -0.3 is 10.1 Å². The van der Waals surface area contributed by atoms with Gasteiger partial charge in [-0.3, -0.25) is 5.10 Å². The molecule has 0 aliphatic heterocycles. The van der Waals surface area contributed by atoms with Crippen LogP contribution in [-0.2, 0) is 0 Å². The Hall–Kier alpha value is -3.49. The summed E-state index contributed by atoms with van der Waals surface area (Å²) in [7, 11) is 1.61. The number of anilines is 2. The standard InChI is InChI=1S/C21H15ClN6OS/c1-29-18-7-3-6-15(24-18)12-4-2-5-13(10-12)20-27-28-21(30-20)25-17-9-8-16-14(19(17)22)11-23-26-16/h2-11H,1H3,(H,23,26)(H,25,28). The van der Waals surface area contributed by atoms with Gasteiger partial charge in [-0.2, -0.15) is 5.10 Å². The number of hydrogen-bond acceptors (Lipinski definition) is 7. The van der Waals surface area contributed by atoms with Crippen molar-refractivity contribution < 1.29 is 4.74 Å². The van der Waals surface area contributed by atoms with Gasteiger partial charge in [-0.05, 0) is 24.3 Å². The molecule has 0 saturated heterocycles. The molecule has 0 aliphatic carbocycles. The van der Waals surface area contributed by atoms with Gasteiger partial charge in [0.05, 0.1) is 35.2 Å². The summed E-state index contributed by atoms with van der Waals surface area (Å²) in [5.74, 6) is 0.576. The summed E-state index contributed by atoms with van der Waals surface area (Å²) in [5, 5.41) is 21.7. The largest absolute Gasteiger partial charge is 0.481 e. The third-order valence-electron chi connectivity index (χ3n) is 4.56. The fourth-order valence-electron chi connectivity index (χ4n) is 3.09. The molecule has 0 atom stereocenters. The number of aromatic nitrogens is 5. The number of methoxy groups -OCH3 is 1. The molecular weight excluding hydrogens is 420 g/mol. The van der Waals surface area contributed by atoms with E-state index in [2.05, 4.69) is 30.7 Å². The van der Waals surface area contributed by atoms with Crippen molar-refractivity contribution in [2.75, 3.05) is 12.4 Å². The molecule has 0 radical (unpaired) electrons. The molecular formula is C21H15ClN6OS. The number of ether oxygens (including phenoxy) is 1. The Balaban J connectivity index is 1.43. The second kappa shape index (κ2) is 7.74. The molecule has 0 spiro atoms. The Morgan fingerprint density at radius 1 is 1.03 bits per heavy atom. The summed E-state index contributed by atoms with van der Waals surface area (Å²) < 4.78 is 5.23. The van der Waals surface area contributed by atoms with E-state index in [9.17, 15) is 0 Å². The highest BCUT2D eigenvalue weighted by Gasteiger charge is 2.12. The first-order chi connectivity index (χ1) is 14.7. The molecule has 9 heteroatoms. The molecule has 7 nitrogen and oxygen atoms in total. The Morgan fingerprint density at radius 2 is 1.90 bits per heavy atom. The zero-order valence-electron chi connectivity index (χ0n) is 15.8. The molecule has 0 amide bonds. The minimum Gasteiger partial charge on any atom is -0.481 e. The van der Waals surface area contributed by atoms with E-state index in [-0.39, 0.29) is 0 Å². The maximum Gasteiger partial charge on any atom is 0.213 e. The molecule has 0 saturated carbocycles. The maximum absolute atomic E-state index is 6.49. The topological polar surface area (TPSA) is 88.6 Å². The van der Waals surface area contributed by atoms with Crippen molar-refractivity contribution in [2.24, 2.45) is 0 Å². The Labute approximate surface area is 180 Å². The van der Waals surface area contributed by atoms with Gasteiger partial charge in [-0.25, -0.2) is 4.98 Å². The van der Waals surface area contributed by atoms with Gasteiger partial charge in [0, 0.05) is 22.6 Å². The highest BCUT2D eigenvalue weighted by atomic mass is 35.5. The monoisotopic (exact) mass is 434 g/mol. The Morgan fingerprint density at radius 3 is 2.80 bits per heavy atom. The summed E-state index contributed by atoms with van der Waals surface area (Å²) in [6.45, 7) is 0. The summed E-state index contributed by atoms with van der Waals surface area (Å²) in [6, 6.07) is 17.5. The number of nitrogens with zero attached hydrogens (tertiary/aromatic N) is 4. The highest BCUT2D eigenvalue weighted by molar-refractivity contribution is 7.18. The average Bonchev–Trinajstić information content (AvgIpc) is 3.46. The van der Waals surface area contributed by atoms with Crippen LogP contribution in [0.5, 0.6) is 5.88 Å². The molecule has 0 fully saturated rings. The van der Waals surface area contributed by atoms with E-state index in [1.807, 2.05) is 54.6 Å². The third kappa shape index (κ3) is 3.47. The second-order valence-electron chi connectivity index (χ2n) is 6.44. The number of rotatable bonds is 5. The van der Waals surface area contributed by atoms with Crippen LogP contribution in [0.4, 0.5) is 10.8 Å². The number of halogens is 1. The van der Waals surface area contributed by atoms with Crippen molar-refractivity contribution in [1.29, 1.82) is 0 Å². The van der Waals surface area contributed by atoms with Crippen LogP contribution in [0.15, 0.2) is 60.8 Å². The van der Waals surface area contributed by atoms with E-state index in [0.29, 0.717) is 16.0 Å². The highest BCUT2D eigenvalue weighted by Crippen LogP contribution is 2.35. The van der Waals surface area contributed by atoms with Gasteiger partial charge in [0.15, 0.2) is 0 Å². The van der Waals surface area contributed by atoms with Crippen LogP contribution in [0, 0.1) is 0 Å². The molecule has 5 aromatic rings. The number of aromatic amines is 1. The van der Waals surface area contributed by atoms with Gasteiger partial charge in [-0.1, -0.05) is 47.2 Å². The SMILES string of the molecule is COc1cccc(-c2cccc(-c3nnc(Nc4ccc5[nH]ncc5c4Cl)s3)c2)n1. The summed E-state index contributed by atoms with van der Waals surface area (Å²) in [5.41, 5.74) is 4.40. The summed E-state index contributed by atoms with van der Waals surface area (Å²) in [6.07, 6.45) is 1.70. The van der Waals surface area contributed by atoms with Crippen molar-refractivity contribution in [3.8, 4) is 27.7 Å². The fraction of sp³-hybridized carbons (Fsp3) is 0.0476. The van der Waals surface area contributed by atoms with E-state index in [0.717, 1.165) is 38.4 Å². The molecule has 2 aromatic carbocycles. The average molecular weight is 435 g/mol. The molecule has 2 N–H and O–H groups in total. The Kier molecular flexibility index (Phi) is 4.78. The maximum atomic E-state index is 6.49. The van der Waals surface area contributed by atoms with E-state index in [4.69, 9.17) is 16.3 Å². The molecule has 0 unspecified atom stereocenters. The van der Waals surface area contributed by atoms with Crippen LogP contribution in [0.25, 0.3) is 32.7 Å². The number of H-pyrrole nitrogens is 1. The fourth-order valence-corrected chi connectivity index (χ4v) is 4.10.